The number of nitrogens with one attached hydrogen (secondary N) is 1. The van der Waals surface area contributed by atoms with Crippen molar-refractivity contribution in [2.24, 2.45) is 5.92 Å². The standard InChI is InChI=1S/C18H30ClNO/c1-3-5-12-21-13-10-17(15-20-11-4-2)14-16-6-8-18(19)9-7-16/h6-9,17,20H,3-5,10-15H2,1-2H3. The van der Waals surface area contributed by atoms with E-state index in [1.807, 2.05) is 12.1 Å². The van der Waals surface area contributed by atoms with Gasteiger partial charge >= 0.3 is 0 Å². The molecule has 0 bridgehead atoms. The van der Waals surface area contributed by atoms with Crippen molar-refractivity contribution in [1.29, 1.82) is 0 Å². The Morgan fingerprint density at radius 1 is 1.10 bits per heavy atom. The van der Waals surface area contributed by atoms with Crippen LogP contribution in [-0.2, 0) is 11.2 Å². The molecule has 0 aliphatic carbocycles. The third-order valence-corrected chi connectivity index (χ3v) is 3.86. The zero-order valence-corrected chi connectivity index (χ0v) is 14.3. The lowest BCUT2D eigenvalue weighted by molar-refractivity contribution is 0.117. The van der Waals surface area contributed by atoms with E-state index in [2.05, 4.69) is 31.3 Å². The molecule has 1 rings (SSSR count). The fraction of sp³-hybridized carbons (Fsp3) is 0.667. The highest BCUT2D eigenvalue weighted by atomic mass is 35.5. The molecule has 0 fully saturated rings. The van der Waals surface area contributed by atoms with Crippen LogP contribution in [0.3, 0.4) is 0 Å². The van der Waals surface area contributed by atoms with Crippen LogP contribution in [0, 0.1) is 5.92 Å². The Morgan fingerprint density at radius 3 is 2.52 bits per heavy atom. The van der Waals surface area contributed by atoms with Crippen molar-refractivity contribution in [3.63, 3.8) is 0 Å². The first-order valence-corrected chi connectivity index (χ1v) is 8.67. The minimum Gasteiger partial charge on any atom is -0.381 e. The quantitative estimate of drug-likeness (QED) is 0.565. The SMILES string of the molecule is CCCCOCCC(CNCCC)Cc1ccc(Cl)cc1. The zero-order valence-electron chi connectivity index (χ0n) is 13.5. The molecule has 0 spiro atoms. The van der Waals surface area contributed by atoms with E-state index in [1.165, 1.54) is 18.4 Å². The van der Waals surface area contributed by atoms with Crippen LogP contribution in [0.2, 0.25) is 5.02 Å². The number of unbranched alkanes of at least 4 members (excludes halogenated alkanes) is 1. The van der Waals surface area contributed by atoms with E-state index in [1.54, 1.807) is 0 Å². The molecule has 0 aliphatic heterocycles. The van der Waals surface area contributed by atoms with Gasteiger partial charge in [-0.05, 0) is 62.4 Å². The summed E-state index contributed by atoms with van der Waals surface area (Å²) in [6.45, 7) is 8.32. The molecular weight excluding hydrogens is 282 g/mol. The van der Waals surface area contributed by atoms with Crippen molar-refractivity contribution >= 4 is 11.6 Å². The van der Waals surface area contributed by atoms with Crippen molar-refractivity contribution in [3.05, 3.63) is 34.9 Å². The molecule has 0 aliphatic rings. The summed E-state index contributed by atoms with van der Waals surface area (Å²) < 4.78 is 5.72. The topological polar surface area (TPSA) is 21.3 Å². The van der Waals surface area contributed by atoms with Crippen molar-refractivity contribution in [2.75, 3.05) is 26.3 Å². The monoisotopic (exact) mass is 311 g/mol. The Bertz CT molecular complexity index is 353. The Morgan fingerprint density at radius 2 is 1.86 bits per heavy atom. The van der Waals surface area contributed by atoms with Crippen LogP contribution in [0.5, 0.6) is 0 Å². The van der Waals surface area contributed by atoms with Gasteiger partial charge in [0.05, 0.1) is 0 Å². The largest absolute Gasteiger partial charge is 0.381 e. The van der Waals surface area contributed by atoms with Gasteiger partial charge in [0.25, 0.3) is 0 Å². The minimum atomic E-state index is 0.624. The van der Waals surface area contributed by atoms with Crippen molar-refractivity contribution < 1.29 is 4.74 Å². The first-order chi connectivity index (χ1) is 10.3. The van der Waals surface area contributed by atoms with Gasteiger partial charge in [0, 0.05) is 18.2 Å². The summed E-state index contributed by atoms with van der Waals surface area (Å²) in [5, 5.41) is 4.34. The van der Waals surface area contributed by atoms with Crippen LogP contribution in [0.1, 0.15) is 45.1 Å². The molecule has 1 atom stereocenters. The highest BCUT2D eigenvalue weighted by Crippen LogP contribution is 2.15. The summed E-state index contributed by atoms with van der Waals surface area (Å²) in [5.74, 6) is 0.624. The third-order valence-electron chi connectivity index (χ3n) is 3.61. The Balaban J connectivity index is 2.37. The molecule has 21 heavy (non-hydrogen) atoms. The first-order valence-electron chi connectivity index (χ1n) is 8.29. The van der Waals surface area contributed by atoms with E-state index in [0.717, 1.165) is 50.6 Å². The lowest BCUT2D eigenvalue weighted by Crippen LogP contribution is -2.26. The number of halogens is 1. The predicted octanol–water partition coefficient (Wildman–Crippen LogP) is 4.71. The molecule has 1 aromatic carbocycles. The van der Waals surface area contributed by atoms with Crippen LogP contribution in [0.15, 0.2) is 24.3 Å². The van der Waals surface area contributed by atoms with E-state index < -0.39 is 0 Å². The second-order valence-corrected chi connectivity index (χ2v) is 6.09. The number of hydrogen-bond donors (Lipinski definition) is 1. The van der Waals surface area contributed by atoms with Gasteiger partial charge < -0.3 is 10.1 Å². The van der Waals surface area contributed by atoms with Gasteiger partial charge in [-0.2, -0.15) is 0 Å². The van der Waals surface area contributed by atoms with Crippen molar-refractivity contribution in [2.45, 2.75) is 46.0 Å². The maximum Gasteiger partial charge on any atom is 0.0469 e. The van der Waals surface area contributed by atoms with Gasteiger partial charge in [0.1, 0.15) is 0 Å². The van der Waals surface area contributed by atoms with Crippen LogP contribution >= 0.6 is 11.6 Å². The van der Waals surface area contributed by atoms with Crippen LogP contribution in [-0.4, -0.2) is 26.3 Å². The molecule has 0 amide bonds. The van der Waals surface area contributed by atoms with Crippen molar-refractivity contribution in [1.82, 2.24) is 5.32 Å². The summed E-state index contributed by atoms with van der Waals surface area (Å²) in [6.07, 6.45) is 5.75. The molecule has 0 saturated carbocycles. The van der Waals surface area contributed by atoms with Crippen molar-refractivity contribution in [3.8, 4) is 0 Å². The zero-order chi connectivity index (χ0) is 15.3. The average molecular weight is 312 g/mol. The molecule has 2 nitrogen and oxygen atoms in total. The second kappa shape index (κ2) is 12.0. The molecule has 1 N–H and O–H groups in total. The van der Waals surface area contributed by atoms with E-state index in [-0.39, 0.29) is 0 Å². The van der Waals surface area contributed by atoms with Gasteiger partial charge in [0.2, 0.25) is 0 Å². The summed E-state index contributed by atoms with van der Waals surface area (Å²) in [5.41, 5.74) is 1.36. The summed E-state index contributed by atoms with van der Waals surface area (Å²) in [4.78, 5) is 0. The Kier molecular flexibility index (Phi) is 10.6. The maximum absolute atomic E-state index is 5.95. The molecule has 0 heterocycles. The van der Waals surface area contributed by atoms with E-state index >= 15 is 0 Å². The molecule has 1 aromatic rings. The number of ether oxygens (including phenoxy) is 1. The normalized spacial score (nSPS) is 12.5. The van der Waals surface area contributed by atoms with Gasteiger partial charge in [-0.3, -0.25) is 0 Å². The predicted molar refractivity (Wildman–Crippen MR) is 92.2 cm³/mol. The van der Waals surface area contributed by atoms with Gasteiger partial charge in [-0.15, -0.1) is 0 Å². The number of rotatable bonds is 12. The third kappa shape index (κ3) is 9.13. The van der Waals surface area contributed by atoms with Crippen LogP contribution < -0.4 is 5.32 Å². The first kappa shape index (κ1) is 18.5. The molecule has 3 heteroatoms. The fourth-order valence-electron chi connectivity index (χ4n) is 2.31. The van der Waals surface area contributed by atoms with Crippen LogP contribution in [0.4, 0.5) is 0 Å². The summed E-state index contributed by atoms with van der Waals surface area (Å²) in [6, 6.07) is 8.22. The van der Waals surface area contributed by atoms with E-state index in [4.69, 9.17) is 16.3 Å². The average Bonchev–Trinajstić information content (AvgIpc) is 2.49. The van der Waals surface area contributed by atoms with Gasteiger partial charge in [0.15, 0.2) is 0 Å². The smallest absolute Gasteiger partial charge is 0.0469 e. The summed E-state index contributed by atoms with van der Waals surface area (Å²) in [7, 11) is 0. The fourth-order valence-corrected chi connectivity index (χ4v) is 2.44. The van der Waals surface area contributed by atoms with Crippen LogP contribution in [0.25, 0.3) is 0 Å². The minimum absolute atomic E-state index is 0.624. The summed E-state index contributed by atoms with van der Waals surface area (Å²) >= 11 is 5.95. The number of hydrogen-bond acceptors (Lipinski definition) is 2. The lowest BCUT2D eigenvalue weighted by atomic mass is 9.96. The molecule has 120 valence electrons. The Hall–Kier alpha value is -0.570. The Labute approximate surface area is 135 Å². The lowest BCUT2D eigenvalue weighted by Gasteiger charge is -2.18. The second-order valence-electron chi connectivity index (χ2n) is 5.66. The maximum atomic E-state index is 5.95. The van der Waals surface area contributed by atoms with E-state index in [9.17, 15) is 0 Å². The number of benzene rings is 1. The highest BCUT2D eigenvalue weighted by Gasteiger charge is 2.09. The molecule has 0 aromatic heterocycles. The highest BCUT2D eigenvalue weighted by molar-refractivity contribution is 6.30. The van der Waals surface area contributed by atoms with E-state index in [0.29, 0.717) is 5.92 Å². The van der Waals surface area contributed by atoms with Gasteiger partial charge in [-0.1, -0.05) is 44.0 Å². The molecule has 0 saturated heterocycles. The molecule has 0 radical (unpaired) electrons. The molecule has 1 unspecified atom stereocenters. The van der Waals surface area contributed by atoms with Gasteiger partial charge in [-0.25, -0.2) is 0 Å². The molecular formula is C18H30ClNO.